The molecule has 1 aromatic rings. The first-order valence-corrected chi connectivity index (χ1v) is 6.62. The number of nitrogens with zero attached hydrogens (tertiary/aromatic N) is 1. The zero-order valence-electron chi connectivity index (χ0n) is 11.7. The van der Waals surface area contributed by atoms with Gasteiger partial charge < -0.3 is 14.8 Å². The van der Waals surface area contributed by atoms with E-state index in [9.17, 15) is 9.59 Å². The maximum atomic E-state index is 11.8. The van der Waals surface area contributed by atoms with E-state index in [0.29, 0.717) is 11.8 Å². The minimum atomic E-state index is -1.30. The number of halogens is 2. The molecule has 1 unspecified atom stereocenters. The van der Waals surface area contributed by atoms with Crippen molar-refractivity contribution in [2.45, 2.75) is 38.8 Å². The predicted molar refractivity (Wildman–Crippen MR) is 77.0 cm³/mol. The summed E-state index contributed by atoms with van der Waals surface area (Å²) in [7, 11) is 0. The van der Waals surface area contributed by atoms with Gasteiger partial charge in [0.25, 0.3) is 0 Å². The minimum absolute atomic E-state index is 0.126. The second-order valence-electron chi connectivity index (χ2n) is 5.44. The summed E-state index contributed by atoms with van der Waals surface area (Å²) in [5.41, 5.74) is -1.55. The van der Waals surface area contributed by atoms with Crippen molar-refractivity contribution in [3.05, 3.63) is 28.0 Å². The first-order chi connectivity index (χ1) is 9.07. The van der Waals surface area contributed by atoms with Crippen molar-refractivity contribution in [1.82, 2.24) is 10.3 Å². The summed E-state index contributed by atoms with van der Waals surface area (Å²) < 4.78 is 5.12. The number of hydrogen-bond donors (Lipinski definition) is 1. The van der Waals surface area contributed by atoms with Gasteiger partial charge in [0.1, 0.15) is 22.6 Å². The molecule has 0 fully saturated rings. The number of carbonyl (C=O) groups is 2. The summed E-state index contributed by atoms with van der Waals surface area (Å²) in [6.45, 7) is 6.70. The van der Waals surface area contributed by atoms with Crippen LogP contribution in [0, 0.1) is 0 Å². The topological polar surface area (TPSA) is 68.3 Å². The summed E-state index contributed by atoms with van der Waals surface area (Å²) >= 11 is 11.6. The SMILES string of the molecule is CC(C)(C)OC(=O)NC(C)(C=O)c1cnc(Cl)c(Cl)c1. The van der Waals surface area contributed by atoms with Gasteiger partial charge in [-0.25, -0.2) is 9.78 Å². The highest BCUT2D eigenvalue weighted by molar-refractivity contribution is 6.41. The Morgan fingerprint density at radius 2 is 1.95 bits per heavy atom. The van der Waals surface area contributed by atoms with Crippen molar-refractivity contribution in [1.29, 1.82) is 0 Å². The van der Waals surface area contributed by atoms with Gasteiger partial charge in [-0.2, -0.15) is 0 Å². The van der Waals surface area contributed by atoms with E-state index in [-0.39, 0.29) is 10.2 Å². The number of ether oxygens (including phenoxy) is 1. The van der Waals surface area contributed by atoms with Crippen LogP contribution < -0.4 is 5.32 Å². The average Bonchev–Trinajstić information content (AvgIpc) is 2.29. The van der Waals surface area contributed by atoms with E-state index in [1.165, 1.54) is 19.2 Å². The quantitative estimate of drug-likeness (QED) is 0.685. The number of aldehydes is 1. The van der Waals surface area contributed by atoms with Gasteiger partial charge >= 0.3 is 6.09 Å². The molecule has 0 aromatic carbocycles. The van der Waals surface area contributed by atoms with Crippen LogP contribution in [0.25, 0.3) is 0 Å². The van der Waals surface area contributed by atoms with Crippen molar-refractivity contribution in [2.75, 3.05) is 0 Å². The molecule has 0 bridgehead atoms. The highest BCUT2D eigenvalue weighted by Crippen LogP contribution is 2.26. The second-order valence-corrected chi connectivity index (χ2v) is 6.21. The van der Waals surface area contributed by atoms with Gasteiger partial charge in [-0.3, -0.25) is 0 Å². The monoisotopic (exact) mass is 318 g/mol. The van der Waals surface area contributed by atoms with Crippen LogP contribution in [0.4, 0.5) is 4.79 Å². The Morgan fingerprint density at radius 3 is 2.40 bits per heavy atom. The third-order valence-electron chi connectivity index (χ3n) is 2.39. The highest BCUT2D eigenvalue weighted by atomic mass is 35.5. The van der Waals surface area contributed by atoms with Gasteiger partial charge in [0.2, 0.25) is 0 Å². The zero-order valence-corrected chi connectivity index (χ0v) is 13.2. The highest BCUT2D eigenvalue weighted by Gasteiger charge is 2.31. The van der Waals surface area contributed by atoms with Gasteiger partial charge in [0.15, 0.2) is 0 Å². The number of rotatable bonds is 3. The van der Waals surface area contributed by atoms with Crippen LogP contribution in [0.3, 0.4) is 0 Å². The van der Waals surface area contributed by atoms with Crippen molar-refractivity contribution in [2.24, 2.45) is 0 Å². The molecule has 0 saturated carbocycles. The Bertz CT molecular complexity index is 529. The summed E-state index contributed by atoms with van der Waals surface area (Å²) in [4.78, 5) is 27.0. The van der Waals surface area contributed by atoms with Gasteiger partial charge in [0.05, 0.1) is 5.02 Å². The molecule has 0 spiro atoms. The van der Waals surface area contributed by atoms with Crippen LogP contribution >= 0.6 is 23.2 Å². The molecule has 0 saturated heterocycles. The number of amides is 1. The summed E-state index contributed by atoms with van der Waals surface area (Å²) in [6, 6.07) is 1.47. The summed E-state index contributed by atoms with van der Waals surface area (Å²) in [6.07, 6.45) is 1.25. The molecule has 1 heterocycles. The van der Waals surface area contributed by atoms with E-state index in [0.717, 1.165) is 0 Å². The zero-order chi connectivity index (χ0) is 15.6. The first kappa shape index (κ1) is 16.7. The number of aromatic nitrogens is 1. The number of nitrogens with one attached hydrogen (secondary N) is 1. The molecule has 1 amide bonds. The maximum absolute atomic E-state index is 11.8. The largest absolute Gasteiger partial charge is 0.444 e. The molecule has 0 aliphatic heterocycles. The third-order valence-corrected chi connectivity index (χ3v) is 3.08. The van der Waals surface area contributed by atoms with E-state index in [2.05, 4.69) is 10.3 Å². The summed E-state index contributed by atoms with van der Waals surface area (Å²) in [5.74, 6) is 0. The molecule has 0 aliphatic rings. The Balaban J connectivity index is 2.99. The van der Waals surface area contributed by atoms with E-state index >= 15 is 0 Å². The van der Waals surface area contributed by atoms with E-state index in [4.69, 9.17) is 27.9 Å². The number of carbonyl (C=O) groups excluding carboxylic acids is 2. The predicted octanol–water partition coefficient (Wildman–Crippen LogP) is 3.33. The van der Waals surface area contributed by atoms with E-state index < -0.39 is 17.2 Å². The molecule has 20 heavy (non-hydrogen) atoms. The van der Waals surface area contributed by atoms with Gasteiger partial charge in [-0.15, -0.1) is 0 Å². The standard InChI is InChI=1S/C13H16Cl2N2O3/c1-12(2,3)20-11(19)17-13(4,7-18)8-5-9(14)10(15)16-6-8/h5-7H,1-4H3,(H,17,19). The van der Waals surface area contributed by atoms with Crippen LogP contribution in [0.15, 0.2) is 12.3 Å². The number of pyridine rings is 1. The van der Waals surface area contributed by atoms with Gasteiger partial charge in [-0.1, -0.05) is 23.2 Å². The van der Waals surface area contributed by atoms with Crippen LogP contribution in [0.5, 0.6) is 0 Å². The minimum Gasteiger partial charge on any atom is -0.444 e. The molecule has 5 nitrogen and oxygen atoms in total. The normalized spacial score (nSPS) is 14.3. The van der Waals surface area contributed by atoms with Crippen LogP contribution in [-0.4, -0.2) is 23.0 Å². The van der Waals surface area contributed by atoms with Crippen LogP contribution in [0.1, 0.15) is 33.3 Å². The van der Waals surface area contributed by atoms with Crippen molar-refractivity contribution < 1.29 is 14.3 Å². The van der Waals surface area contributed by atoms with Crippen molar-refractivity contribution >= 4 is 35.6 Å². The molecular weight excluding hydrogens is 303 g/mol. The molecule has 0 radical (unpaired) electrons. The lowest BCUT2D eigenvalue weighted by molar-refractivity contribution is -0.113. The van der Waals surface area contributed by atoms with Crippen LogP contribution in [-0.2, 0) is 15.1 Å². The van der Waals surface area contributed by atoms with E-state index in [1.54, 1.807) is 20.8 Å². The molecule has 7 heteroatoms. The molecular formula is C13H16Cl2N2O3. The fourth-order valence-electron chi connectivity index (χ4n) is 1.39. The second kappa shape index (κ2) is 5.97. The van der Waals surface area contributed by atoms with Gasteiger partial charge in [-0.05, 0) is 33.8 Å². The van der Waals surface area contributed by atoms with E-state index in [1.807, 2.05) is 0 Å². The molecule has 110 valence electrons. The third kappa shape index (κ3) is 4.35. The number of hydrogen-bond acceptors (Lipinski definition) is 4. The summed E-state index contributed by atoms with van der Waals surface area (Å²) in [5, 5.41) is 2.81. The Kier molecular flexibility index (Phi) is 5.00. The lowest BCUT2D eigenvalue weighted by Crippen LogP contribution is -2.47. The average molecular weight is 319 g/mol. The number of alkyl carbamates (subject to hydrolysis) is 1. The molecule has 1 N–H and O–H groups in total. The van der Waals surface area contributed by atoms with Crippen molar-refractivity contribution in [3.63, 3.8) is 0 Å². The molecule has 0 aliphatic carbocycles. The van der Waals surface area contributed by atoms with Crippen molar-refractivity contribution in [3.8, 4) is 0 Å². The van der Waals surface area contributed by atoms with Gasteiger partial charge in [0, 0.05) is 11.8 Å². The fraction of sp³-hybridized carbons (Fsp3) is 0.462. The lowest BCUT2D eigenvalue weighted by atomic mass is 9.95. The first-order valence-electron chi connectivity index (χ1n) is 5.86. The lowest BCUT2D eigenvalue weighted by Gasteiger charge is -2.27. The molecule has 1 rings (SSSR count). The smallest absolute Gasteiger partial charge is 0.408 e. The fourth-order valence-corrected chi connectivity index (χ4v) is 1.66. The Labute approximate surface area is 127 Å². The maximum Gasteiger partial charge on any atom is 0.408 e. The molecule has 1 aromatic heterocycles. The Morgan fingerprint density at radius 1 is 1.35 bits per heavy atom. The Hall–Kier alpha value is -1.33. The molecule has 1 atom stereocenters. The van der Waals surface area contributed by atoms with Crippen LogP contribution in [0.2, 0.25) is 10.2 Å².